The van der Waals surface area contributed by atoms with Gasteiger partial charge >= 0.3 is 0 Å². The number of thiophene rings is 1. The Hall–Kier alpha value is -3.12. The van der Waals surface area contributed by atoms with Crippen LogP contribution in [-0.2, 0) is 16.4 Å². The van der Waals surface area contributed by atoms with E-state index < -0.39 is 33.2 Å². The van der Waals surface area contributed by atoms with Crippen LogP contribution in [0.3, 0.4) is 0 Å². The SMILES string of the molecule is COc1ccc(-c2ccc(S(C)(=O)=O)cc2F)cc1CN(C(=O)c1sc2c(F)ccc(F)c2c1Cl)C1CCC(N)CC1. The second-order valence-corrected chi connectivity index (χ2v) is 13.8. The fraction of sp³-hybridized carbons (Fsp3) is 0.300. The molecule has 1 fully saturated rings. The van der Waals surface area contributed by atoms with Crippen LogP contribution in [0.5, 0.6) is 5.75 Å². The third-order valence-corrected chi connectivity index (χ3v) is 10.4. The Labute approximate surface area is 250 Å². The molecule has 1 aliphatic rings. The van der Waals surface area contributed by atoms with Crippen molar-refractivity contribution in [3.05, 3.63) is 81.4 Å². The van der Waals surface area contributed by atoms with Crippen LogP contribution >= 0.6 is 22.9 Å². The summed E-state index contributed by atoms with van der Waals surface area (Å²) >= 11 is 7.29. The molecule has 0 aliphatic heterocycles. The zero-order valence-electron chi connectivity index (χ0n) is 22.8. The molecule has 1 saturated carbocycles. The second-order valence-electron chi connectivity index (χ2n) is 10.4. The number of rotatable bonds is 7. The van der Waals surface area contributed by atoms with Crippen molar-refractivity contribution in [2.24, 2.45) is 5.73 Å². The first-order valence-corrected chi connectivity index (χ1v) is 16.3. The molecular weight excluding hydrogens is 609 g/mol. The molecule has 6 nitrogen and oxygen atoms in total. The normalized spacial score (nSPS) is 17.4. The zero-order chi connectivity index (χ0) is 30.3. The van der Waals surface area contributed by atoms with E-state index in [9.17, 15) is 22.0 Å². The first kappa shape index (κ1) is 30.3. The first-order chi connectivity index (χ1) is 19.9. The topological polar surface area (TPSA) is 89.7 Å². The Morgan fingerprint density at radius 2 is 1.71 bits per heavy atom. The van der Waals surface area contributed by atoms with Gasteiger partial charge in [0.15, 0.2) is 9.84 Å². The summed E-state index contributed by atoms with van der Waals surface area (Å²) in [5, 5.41) is -0.286. The van der Waals surface area contributed by atoms with Crippen molar-refractivity contribution in [1.82, 2.24) is 4.90 Å². The summed E-state index contributed by atoms with van der Waals surface area (Å²) in [5.41, 5.74) is 7.30. The minimum absolute atomic E-state index is 0.00468. The highest BCUT2D eigenvalue weighted by molar-refractivity contribution is 7.90. The van der Waals surface area contributed by atoms with Gasteiger partial charge in [0, 0.05) is 36.0 Å². The molecule has 1 heterocycles. The molecule has 0 spiro atoms. The molecule has 42 heavy (non-hydrogen) atoms. The van der Waals surface area contributed by atoms with Crippen LogP contribution in [0.4, 0.5) is 13.2 Å². The summed E-state index contributed by atoms with van der Waals surface area (Å²) in [5.74, 6) is -2.16. The maximum Gasteiger partial charge on any atom is 0.266 e. The van der Waals surface area contributed by atoms with Gasteiger partial charge in [0.25, 0.3) is 5.91 Å². The van der Waals surface area contributed by atoms with Crippen LogP contribution in [0.2, 0.25) is 5.02 Å². The van der Waals surface area contributed by atoms with Crippen molar-refractivity contribution >= 4 is 48.8 Å². The van der Waals surface area contributed by atoms with Gasteiger partial charge in [0.2, 0.25) is 0 Å². The molecular formula is C30H28ClF3N2O4S2. The lowest BCUT2D eigenvalue weighted by molar-refractivity contribution is 0.0610. The minimum Gasteiger partial charge on any atom is -0.496 e. The third-order valence-electron chi connectivity index (χ3n) is 7.62. The van der Waals surface area contributed by atoms with E-state index in [4.69, 9.17) is 22.1 Å². The van der Waals surface area contributed by atoms with E-state index >= 15 is 4.39 Å². The number of amides is 1. The van der Waals surface area contributed by atoms with Crippen LogP contribution in [0.1, 0.15) is 40.9 Å². The van der Waals surface area contributed by atoms with Crippen molar-refractivity contribution in [3.63, 3.8) is 0 Å². The highest BCUT2D eigenvalue weighted by atomic mass is 35.5. The van der Waals surface area contributed by atoms with Gasteiger partial charge in [-0.15, -0.1) is 11.3 Å². The summed E-state index contributed by atoms with van der Waals surface area (Å²) in [6.07, 6.45) is 3.60. The standard InChI is InChI=1S/C30H28ClF3N2O4S2/c1-40-25-12-3-16(21-9-8-20(14-24(21)34)42(2,38)39)13-17(25)15-36(19-6-4-18(35)5-7-19)30(37)29-27(31)26-22(32)10-11-23(33)28(26)41-29/h3,8-14,18-19H,4-7,15,35H2,1-2H3. The van der Waals surface area contributed by atoms with E-state index in [-0.39, 0.29) is 49.1 Å². The number of methoxy groups -OCH3 is 1. The average Bonchev–Trinajstić information content (AvgIpc) is 3.31. The predicted octanol–water partition coefficient (Wildman–Crippen LogP) is 6.96. The molecule has 0 radical (unpaired) electrons. The van der Waals surface area contributed by atoms with Gasteiger partial charge in [-0.1, -0.05) is 23.7 Å². The number of fused-ring (bicyclic) bond motifs is 1. The number of nitrogens with two attached hydrogens (primary N) is 1. The molecule has 222 valence electrons. The van der Waals surface area contributed by atoms with E-state index in [0.29, 0.717) is 42.6 Å². The zero-order valence-corrected chi connectivity index (χ0v) is 25.2. The van der Waals surface area contributed by atoms with Crippen LogP contribution < -0.4 is 10.5 Å². The number of nitrogens with zero attached hydrogens (tertiary/aromatic N) is 1. The number of carbonyl (C=O) groups excluding carboxylic acids is 1. The van der Waals surface area contributed by atoms with Gasteiger partial charge in [-0.3, -0.25) is 4.79 Å². The largest absolute Gasteiger partial charge is 0.496 e. The van der Waals surface area contributed by atoms with E-state index in [1.54, 1.807) is 23.1 Å². The van der Waals surface area contributed by atoms with Crippen molar-refractivity contribution in [2.45, 2.75) is 49.2 Å². The molecule has 12 heteroatoms. The van der Waals surface area contributed by atoms with Gasteiger partial charge < -0.3 is 15.4 Å². The first-order valence-electron chi connectivity index (χ1n) is 13.2. The Morgan fingerprint density at radius 1 is 1.02 bits per heavy atom. The molecule has 0 atom stereocenters. The third kappa shape index (κ3) is 5.88. The summed E-state index contributed by atoms with van der Waals surface area (Å²) < 4.78 is 73.6. The highest BCUT2D eigenvalue weighted by Crippen LogP contribution is 2.40. The smallest absolute Gasteiger partial charge is 0.266 e. The average molecular weight is 637 g/mol. The molecule has 1 aliphatic carbocycles. The Bertz CT molecular complexity index is 1790. The second kappa shape index (κ2) is 11.9. The Kier molecular flexibility index (Phi) is 8.58. The molecule has 4 aromatic rings. The molecule has 1 amide bonds. The van der Waals surface area contributed by atoms with E-state index in [2.05, 4.69) is 0 Å². The molecule has 1 aromatic heterocycles. The van der Waals surface area contributed by atoms with Crippen molar-refractivity contribution in [1.29, 1.82) is 0 Å². The number of halogens is 4. The lowest BCUT2D eigenvalue weighted by Gasteiger charge is -2.36. The lowest BCUT2D eigenvalue weighted by atomic mass is 9.90. The van der Waals surface area contributed by atoms with Gasteiger partial charge in [-0.05, 0) is 67.6 Å². The van der Waals surface area contributed by atoms with Gasteiger partial charge in [0.05, 0.1) is 27.1 Å². The quantitative estimate of drug-likeness (QED) is 0.237. The fourth-order valence-corrected chi connectivity index (χ4v) is 7.50. The van der Waals surface area contributed by atoms with Crippen LogP contribution in [-0.4, -0.2) is 44.7 Å². The molecule has 0 bridgehead atoms. The number of hydrogen-bond donors (Lipinski definition) is 1. The number of ether oxygens (including phenoxy) is 1. The van der Waals surface area contributed by atoms with E-state index in [1.165, 1.54) is 19.2 Å². The van der Waals surface area contributed by atoms with Gasteiger partial charge in [-0.2, -0.15) is 0 Å². The van der Waals surface area contributed by atoms with Crippen molar-refractivity contribution in [3.8, 4) is 16.9 Å². The molecule has 5 rings (SSSR count). The Morgan fingerprint density at radius 3 is 2.33 bits per heavy atom. The lowest BCUT2D eigenvalue weighted by Crippen LogP contribution is -2.43. The van der Waals surface area contributed by atoms with E-state index in [0.717, 1.165) is 35.8 Å². The number of sulfone groups is 1. The molecule has 0 saturated heterocycles. The summed E-state index contributed by atoms with van der Waals surface area (Å²) in [7, 11) is -2.13. The van der Waals surface area contributed by atoms with Gasteiger partial charge in [0.1, 0.15) is 28.1 Å². The predicted molar refractivity (Wildman–Crippen MR) is 158 cm³/mol. The van der Waals surface area contributed by atoms with E-state index in [1.807, 2.05) is 0 Å². The number of carbonyl (C=O) groups is 1. The molecule has 2 N–H and O–H groups in total. The number of benzene rings is 3. The maximum absolute atomic E-state index is 15.1. The van der Waals surface area contributed by atoms with Gasteiger partial charge in [-0.25, -0.2) is 21.6 Å². The summed E-state index contributed by atoms with van der Waals surface area (Å²) in [6, 6.07) is 10.4. The van der Waals surface area contributed by atoms with Crippen molar-refractivity contribution in [2.75, 3.05) is 13.4 Å². The summed E-state index contributed by atoms with van der Waals surface area (Å²) in [4.78, 5) is 15.6. The van der Waals surface area contributed by atoms with Crippen LogP contribution in [0.15, 0.2) is 53.4 Å². The molecule has 3 aromatic carbocycles. The van der Waals surface area contributed by atoms with Crippen LogP contribution in [0, 0.1) is 17.5 Å². The van der Waals surface area contributed by atoms with Crippen molar-refractivity contribution < 1.29 is 31.1 Å². The maximum atomic E-state index is 15.1. The minimum atomic E-state index is -3.60. The van der Waals surface area contributed by atoms with Crippen LogP contribution in [0.25, 0.3) is 21.2 Å². The highest BCUT2D eigenvalue weighted by Gasteiger charge is 2.33. The molecule has 0 unspecified atom stereocenters. The fourth-order valence-electron chi connectivity index (χ4n) is 5.36. The summed E-state index contributed by atoms with van der Waals surface area (Å²) in [6.45, 7) is 0.0360. The number of hydrogen-bond acceptors (Lipinski definition) is 6. The Balaban J connectivity index is 1.57. The monoisotopic (exact) mass is 636 g/mol.